The van der Waals surface area contributed by atoms with Gasteiger partial charge in [-0.05, 0) is 55.3 Å². The van der Waals surface area contributed by atoms with E-state index in [1.807, 2.05) is 26.1 Å². The van der Waals surface area contributed by atoms with E-state index >= 15 is 0 Å². The highest BCUT2D eigenvalue weighted by atomic mass is 35.5. The zero-order valence-corrected chi connectivity index (χ0v) is 19.2. The number of rotatable bonds is 4. The molecule has 0 N–H and O–H groups in total. The van der Waals surface area contributed by atoms with Gasteiger partial charge in [0.2, 0.25) is 0 Å². The molecular formula is C25H27ClN4O2. The van der Waals surface area contributed by atoms with Crippen LogP contribution in [0.1, 0.15) is 11.3 Å². The Labute approximate surface area is 193 Å². The standard InChI is InChI=1S/C25H27ClN4O2/c1-17-3-5-20-21(27-17)14-19(26)15-22(20)30-11-9-29(10-12-30)8-7-18-4-6-24-23(13-18)28(2)25(31)16-32-24/h3-6,13-15H,7-12,16H2,1-2H3. The number of aromatic nitrogens is 1. The molecule has 0 bridgehead atoms. The topological polar surface area (TPSA) is 48.9 Å². The minimum atomic E-state index is -0.00956. The van der Waals surface area contributed by atoms with Gasteiger partial charge in [-0.15, -0.1) is 0 Å². The first-order chi connectivity index (χ1) is 15.5. The van der Waals surface area contributed by atoms with Crippen LogP contribution in [-0.4, -0.2) is 62.2 Å². The Hall–Kier alpha value is -2.83. The van der Waals surface area contributed by atoms with E-state index < -0.39 is 0 Å². The minimum Gasteiger partial charge on any atom is -0.482 e. The number of halogens is 1. The summed E-state index contributed by atoms with van der Waals surface area (Å²) in [4.78, 5) is 23.2. The SMILES string of the molecule is Cc1ccc2c(N3CCN(CCc4ccc5c(c4)N(C)C(=O)CO5)CC3)cc(Cl)cc2n1. The van der Waals surface area contributed by atoms with Crippen molar-refractivity contribution in [2.24, 2.45) is 0 Å². The van der Waals surface area contributed by atoms with Gasteiger partial charge in [0.05, 0.1) is 11.2 Å². The molecule has 2 aromatic carbocycles. The smallest absolute Gasteiger partial charge is 0.264 e. The van der Waals surface area contributed by atoms with Gasteiger partial charge >= 0.3 is 0 Å². The first kappa shape index (κ1) is 21.0. The van der Waals surface area contributed by atoms with Gasteiger partial charge < -0.3 is 14.5 Å². The van der Waals surface area contributed by atoms with Crippen molar-refractivity contribution in [3.63, 3.8) is 0 Å². The van der Waals surface area contributed by atoms with Crippen LogP contribution in [0, 0.1) is 6.92 Å². The zero-order valence-electron chi connectivity index (χ0n) is 18.5. The fraction of sp³-hybridized carbons (Fsp3) is 0.360. The Balaban J connectivity index is 1.23. The fourth-order valence-electron chi connectivity index (χ4n) is 4.52. The molecule has 2 aliphatic heterocycles. The Morgan fingerprint density at radius 1 is 1.03 bits per heavy atom. The number of carbonyl (C=O) groups excluding carboxylic acids is 1. The summed E-state index contributed by atoms with van der Waals surface area (Å²) in [7, 11) is 1.81. The summed E-state index contributed by atoms with van der Waals surface area (Å²) in [5.41, 5.74) is 5.20. The number of hydrogen-bond acceptors (Lipinski definition) is 5. The molecule has 7 heteroatoms. The third kappa shape index (κ3) is 4.12. The van der Waals surface area contributed by atoms with Crippen LogP contribution in [0.25, 0.3) is 10.9 Å². The van der Waals surface area contributed by atoms with Crippen molar-refractivity contribution >= 4 is 39.8 Å². The normalized spacial score (nSPS) is 16.9. The Bertz CT molecular complexity index is 1170. The van der Waals surface area contributed by atoms with Crippen LogP contribution < -0.4 is 14.5 Å². The fourth-order valence-corrected chi connectivity index (χ4v) is 4.73. The highest BCUT2D eigenvalue weighted by molar-refractivity contribution is 6.31. The van der Waals surface area contributed by atoms with Crippen molar-refractivity contribution in [2.75, 3.05) is 56.2 Å². The Kier molecular flexibility index (Phi) is 5.66. The molecular weight excluding hydrogens is 424 g/mol. The van der Waals surface area contributed by atoms with Crippen molar-refractivity contribution in [1.82, 2.24) is 9.88 Å². The molecule has 1 aromatic heterocycles. The third-order valence-corrected chi connectivity index (χ3v) is 6.65. The van der Waals surface area contributed by atoms with Crippen LogP contribution in [0.4, 0.5) is 11.4 Å². The molecule has 166 valence electrons. The summed E-state index contributed by atoms with van der Waals surface area (Å²) in [6.45, 7) is 7.02. The van der Waals surface area contributed by atoms with Gasteiger partial charge in [0.15, 0.2) is 6.61 Å². The quantitative estimate of drug-likeness (QED) is 0.603. The van der Waals surface area contributed by atoms with Gasteiger partial charge in [-0.1, -0.05) is 17.7 Å². The number of nitrogens with zero attached hydrogens (tertiary/aromatic N) is 4. The molecule has 0 radical (unpaired) electrons. The lowest BCUT2D eigenvalue weighted by molar-refractivity contribution is -0.120. The number of likely N-dealkylation sites (N-methyl/N-ethyl adjacent to an activating group) is 1. The monoisotopic (exact) mass is 450 g/mol. The highest BCUT2D eigenvalue weighted by Gasteiger charge is 2.23. The first-order valence-electron chi connectivity index (χ1n) is 11.0. The van der Waals surface area contributed by atoms with Crippen LogP contribution in [-0.2, 0) is 11.2 Å². The van der Waals surface area contributed by atoms with Crippen molar-refractivity contribution < 1.29 is 9.53 Å². The van der Waals surface area contributed by atoms with E-state index in [2.05, 4.69) is 45.1 Å². The first-order valence-corrected chi connectivity index (χ1v) is 11.4. The summed E-state index contributed by atoms with van der Waals surface area (Å²) in [6, 6.07) is 14.4. The zero-order chi connectivity index (χ0) is 22.2. The number of amides is 1. The van der Waals surface area contributed by atoms with Gasteiger partial charge in [0.1, 0.15) is 5.75 Å². The van der Waals surface area contributed by atoms with E-state index in [1.54, 1.807) is 4.90 Å². The largest absolute Gasteiger partial charge is 0.482 e. The lowest BCUT2D eigenvalue weighted by atomic mass is 10.1. The van der Waals surface area contributed by atoms with Gasteiger partial charge in [-0.2, -0.15) is 0 Å². The summed E-state index contributed by atoms with van der Waals surface area (Å²) in [6.07, 6.45) is 0.943. The van der Waals surface area contributed by atoms with Crippen LogP contribution in [0.15, 0.2) is 42.5 Å². The third-order valence-electron chi connectivity index (χ3n) is 6.43. The van der Waals surface area contributed by atoms with E-state index in [1.165, 1.54) is 11.3 Å². The molecule has 6 nitrogen and oxygen atoms in total. The molecule has 5 rings (SSSR count). The average Bonchev–Trinajstić information content (AvgIpc) is 2.80. The van der Waals surface area contributed by atoms with E-state index in [-0.39, 0.29) is 12.5 Å². The molecule has 1 saturated heterocycles. The predicted octanol–water partition coefficient (Wildman–Crippen LogP) is 3.92. The molecule has 0 saturated carbocycles. The molecule has 1 amide bonds. The average molecular weight is 451 g/mol. The maximum Gasteiger partial charge on any atom is 0.264 e. The number of aryl methyl sites for hydroxylation is 1. The minimum absolute atomic E-state index is 0.00956. The number of benzene rings is 2. The summed E-state index contributed by atoms with van der Waals surface area (Å²) >= 11 is 6.40. The summed E-state index contributed by atoms with van der Waals surface area (Å²) in [5, 5.41) is 1.89. The van der Waals surface area contributed by atoms with Crippen LogP contribution in [0.3, 0.4) is 0 Å². The maximum atomic E-state index is 11.9. The second-order valence-electron chi connectivity index (χ2n) is 8.57. The molecule has 0 atom stereocenters. The van der Waals surface area contributed by atoms with Crippen molar-refractivity contribution in [2.45, 2.75) is 13.3 Å². The molecule has 0 spiro atoms. The van der Waals surface area contributed by atoms with Crippen LogP contribution in [0.2, 0.25) is 5.02 Å². The van der Waals surface area contributed by atoms with Gasteiger partial charge in [-0.25, -0.2) is 0 Å². The number of pyridine rings is 1. The molecule has 3 heterocycles. The molecule has 2 aliphatic rings. The Morgan fingerprint density at radius 3 is 2.66 bits per heavy atom. The van der Waals surface area contributed by atoms with E-state index in [9.17, 15) is 4.79 Å². The molecule has 0 unspecified atom stereocenters. The van der Waals surface area contributed by atoms with Gasteiger partial charge in [0.25, 0.3) is 5.91 Å². The second-order valence-corrected chi connectivity index (χ2v) is 9.00. The lowest BCUT2D eigenvalue weighted by Gasteiger charge is -2.36. The molecule has 0 aliphatic carbocycles. The molecule has 32 heavy (non-hydrogen) atoms. The van der Waals surface area contributed by atoms with E-state index in [0.29, 0.717) is 0 Å². The van der Waals surface area contributed by atoms with Crippen LogP contribution >= 0.6 is 11.6 Å². The molecule has 1 fully saturated rings. The van der Waals surface area contributed by atoms with Crippen molar-refractivity contribution in [3.05, 3.63) is 58.7 Å². The number of fused-ring (bicyclic) bond motifs is 2. The summed E-state index contributed by atoms with van der Waals surface area (Å²) < 4.78 is 5.53. The maximum absolute atomic E-state index is 11.9. The number of ether oxygens (including phenoxy) is 1. The van der Waals surface area contributed by atoms with Gasteiger partial charge in [0, 0.05) is 61.6 Å². The van der Waals surface area contributed by atoms with Crippen molar-refractivity contribution in [1.29, 1.82) is 0 Å². The van der Waals surface area contributed by atoms with Crippen LogP contribution in [0.5, 0.6) is 5.75 Å². The highest BCUT2D eigenvalue weighted by Crippen LogP contribution is 2.33. The number of anilines is 2. The lowest BCUT2D eigenvalue weighted by Crippen LogP contribution is -2.47. The summed E-state index contributed by atoms with van der Waals surface area (Å²) in [5.74, 6) is 0.771. The second kappa shape index (κ2) is 8.60. The number of carbonyl (C=O) groups is 1. The number of hydrogen-bond donors (Lipinski definition) is 0. The molecule has 3 aromatic rings. The predicted molar refractivity (Wildman–Crippen MR) is 129 cm³/mol. The van der Waals surface area contributed by atoms with Crippen molar-refractivity contribution in [3.8, 4) is 5.75 Å². The van der Waals surface area contributed by atoms with E-state index in [4.69, 9.17) is 16.3 Å². The van der Waals surface area contributed by atoms with E-state index in [0.717, 1.165) is 72.2 Å². The van der Waals surface area contributed by atoms with Gasteiger partial charge in [-0.3, -0.25) is 14.7 Å². The number of piperazine rings is 1. The Morgan fingerprint density at radius 2 is 1.84 bits per heavy atom.